The van der Waals surface area contributed by atoms with E-state index in [4.69, 9.17) is 4.74 Å². The number of aryl methyl sites for hydroxylation is 2. The molecule has 0 atom stereocenters. The molecule has 2 aromatic rings. The average Bonchev–Trinajstić information content (AvgIpc) is 2.89. The molecule has 0 spiro atoms. The number of benzene rings is 1. The second kappa shape index (κ2) is 7.49. The van der Waals surface area contributed by atoms with Gasteiger partial charge in [0.1, 0.15) is 5.75 Å². The van der Waals surface area contributed by atoms with Gasteiger partial charge in [-0.1, -0.05) is 18.2 Å². The molecule has 0 radical (unpaired) electrons. The van der Waals surface area contributed by atoms with E-state index in [0.717, 1.165) is 16.9 Å². The van der Waals surface area contributed by atoms with Crippen LogP contribution in [0.1, 0.15) is 29.7 Å². The molecular formula is C16H21N3O3. The van der Waals surface area contributed by atoms with E-state index in [0.29, 0.717) is 31.7 Å². The van der Waals surface area contributed by atoms with Gasteiger partial charge in [0.25, 0.3) is 5.56 Å². The zero-order valence-electron chi connectivity index (χ0n) is 12.9. The van der Waals surface area contributed by atoms with E-state index < -0.39 is 0 Å². The Morgan fingerprint density at radius 3 is 2.59 bits per heavy atom. The van der Waals surface area contributed by atoms with Crippen molar-refractivity contribution in [3.8, 4) is 5.75 Å². The lowest BCUT2D eigenvalue weighted by Crippen LogP contribution is -2.23. The molecule has 0 bridgehead atoms. The van der Waals surface area contributed by atoms with Crippen molar-refractivity contribution in [2.45, 2.75) is 33.2 Å². The van der Waals surface area contributed by atoms with E-state index >= 15 is 0 Å². The number of H-pyrrole nitrogens is 2. The first-order chi connectivity index (χ1) is 10.6. The van der Waals surface area contributed by atoms with E-state index in [2.05, 4.69) is 15.5 Å². The first-order valence-electron chi connectivity index (χ1n) is 7.28. The molecule has 0 saturated carbocycles. The fourth-order valence-corrected chi connectivity index (χ4v) is 2.18. The first kappa shape index (κ1) is 15.9. The molecule has 0 aliphatic rings. The standard InChI is InChI=1S/C16H21N3O3/c1-11-5-3-6-12(2)16(11)22-8-4-7-14(20)17-10-13-9-15(21)19-18-13/h3,5-6,9H,4,7-8,10H2,1-2H3,(H,17,20)(H2,18,19,21). The molecule has 1 heterocycles. The quantitative estimate of drug-likeness (QED) is 0.682. The number of rotatable bonds is 7. The van der Waals surface area contributed by atoms with Crippen LogP contribution in [-0.2, 0) is 11.3 Å². The molecular weight excluding hydrogens is 282 g/mol. The summed E-state index contributed by atoms with van der Waals surface area (Å²) >= 11 is 0. The first-order valence-corrected chi connectivity index (χ1v) is 7.28. The fourth-order valence-electron chi connectivity index (χ4n) is 2.18. The molecule has 0 aliphatic carbocycles. The smallest absolute Gasteiger partial charge is 0.264 e. The second-order valence-corrected chi connectivity index (χ2v) is 5.23. The molecule has 0 saturated heterocycles. The van der Waals surface area contributed by atoms with Gasteiger partial charge in [-0.15, -0.1) is 0 Å². The number of aromatic nitrogens is 2. The van der Waals surface area contributed by atoms with Crippen molar-refractivity contribution in [1.82, 2.24) is 15.5 Å². The highest BCUT2D eigenvalue weighted by Gasteiger charge is 2.05. The van der Waals surface area contributed by atoms with Crippen LogP contribution in [0.2, 0.25) is 0 Å². The molecule has 1 amide bonds. The van der Waals surface area contributed by atoms with E-state index in [9.17, 15) is 9.59 Å². The zero-order chi connectivity index (χ0) is 15.9. The highest BCUT2D eigenvalue weighted by atomic mass is 16.5. The molecule has 0 aliphatic heterocycles. The van der Waals surface area contributed by atoms with Gasteiger partial charge in [-0.2, -0.15) is 0 Å². The molecule has 0 unspecified atom stereocenters. The van der Waals surface area contributed by atoms with Crippen molar-refractivity contribution in [3.05, 3.63) is 51.4 Å². The predicted octanol–water partition coefficient (Wildman–Crippen LogP) is 1.80. The zero-order valence-corrected chi connectivity index (χ0v) is 12.9. The number of amides is 1. The van der Waals surface area contributed by atoms with Crippen molar-refractivity contribution in [3.63, 3.8) is 0 Å². The molecule has 118 valence electrons. The van der Waals surface area contributed by atoms with Crippen molar-refractivity contribution in [2.75, 3.05) is 6.61 Å². The lowest BCUT2D eigenvalue weighted by molar-refractivity contribution is -0.121. The van der Waals surface area contributed by atoms with Gasteiger partial charge < -0.3 is 15.2 Å². The van der Waals surface area contributed by atoms with Gasteiger partial charge in [0, 0.05) is 12.5 Å². The summed E-state index contributed by atoms with van der Waals surface area (Å²) in [6.07, 6.45) is 1.03. The van der Waals surface area contributed by atoms with Crippen LogP contribution in [0.4, 0.5) is 0 Å². The topological polar surface area (TPSA) is 87.0 Å². The van der Waals surface area contributed by atoms with Crippen molar-refractivity contribution in [2.24, 2.45) is 0 Å². The summed E-state index contributed by atoms with van der Waals surface area (Å²) in [5.74, 6) is 0.833. The molecule has 3 N–H and O–H groups in total. The van der Waals surface area contributed by atoms with Crippen molar-refractivity contribution in [1.29, 1.82) is 0 Å². The maximum absolute atomic E-state index is 11.7. The summed E-state index contributed by atoms with van der Waals surface area (Å²) in [6, 6.07) is 7.43. The minimum Gasteiger partial charge on any atom is -0.493 e. The number of ether oxygens (including phenoxy) is 1. The predicted molar refractivity (Wildman–Crippen MR) is 83.9 cm³/mol. The van der Waals surface area contributed by atoms with Crippen LogP contribution in [0.25, 0.3) is 0 Å². The van der Waals surface area contributed by atoms with Crippen molar-refractivity contribution >= 4 is 5.91 Å². The lowest BCUT2D eigenvalue weighted by atomic mass is 10.1. The minimum absolute atomic E-state index is 0.0628. The number of para-hydroxylation sites is 1. The van der Waals surface area contributed by atoms with Crippen LogP contribution in [0.15, 0.2) is 29.1 Å². The van der Waals surface area contributed by atoms with E-state index in [1.807, 2.05) is 32.0 Å². The van der Waals surface area contributed by atoms with Gasteiger partial charge in [0.05, 0.1) is 18.8 Å². The number of hydrogen-bond donors (Lipinski definition) is 3. The third-order valence-electron chi connectivity index (χ3n) is 3.33. The number of hydrogen-bond acceptors (Lipinski definition) is 3. The Kier molecular flexibility index (Phi) is 5.41. The normalized spacial score (nSPS) is 10.5. The minimum atomic E-state index is -0.203. The maximum Gasteiger partial charge on any atom is 0.264 e. The Bertz CT molecular complexity index is 668. The van der Waals surface area contributed by atoms with E-state index in [-0.39, 0.29) is 11.5 Å². The molecule has 6 nitrogen and oxygen atoms in total. The molecule has 1 aromatic heterocycles. The summed E-state index contributed by atoms with van der Waals surface area (Å²) in [4.78, 5) is 22.6. The molecule has 1 aromatic carbocycles. The monoisotopic (exact) mass is 303 g/mol. The molecule has 22 heavy (non-hydrogen) atoms. The number of aromatic amines is 2. The Morgan fingerprint density at radius 1 is 1.23 bits per heavy atom. The third kappa shape index (κ3) is 4.51. The number of carbonyl (C=O) groups is 1. The second-order valence-electron chi connectivity index (χ2n) is 5.23. The summed E-state index contributed by atoms with van der Waals surface area (Å²) in [6.45, 7) is 4.83. The maximum atomic E-state index is 11.7. The van der Waals surface area contributed by atoms with Gasteiger partial charge in [0.2, 0.25) is 5.91 Å². The number of carbonyl (C=O) groups excluding carboxylic acids is 1. The summed E-state index contributed by atoms with van der Waals surface area (Å²) in [5, 5.41) is 7.86. The lowest BCUT2D eigenvalue weighted by Gasteiger charge is -2.11. The molecule has 0 fully saturated rings. The van der Waals surface area contributed by atoms with Crippen LogP contribution in [0.5, 0.6) is 5.75 Å². The highest BCUT2D eigenvalue weighted by molar-refractivity contribution is 5.75. The van der Waals surface area contributed by atoms with Gasteiger partial charge >= 0.3 is 0 Å². The third-order valence-corrected chi connectivity index (χ3v) is 3.33. The Morgan fingerprint density at radius 2 is 1.95 bits per heavy atom. The van der Waals surface area contributed by atoms with Crippen LogP contribution in [0, 0.1) is 13.8 Å². The molecule has 2 rings (SSSR count). The summed E-state index contributed by atoms with van der Waals surface area (Å²) in [7, 11) is 0. The highest BCUT2D eigenvalue weighted by Crippen LogP contribution is 2.22. The SMILES string of the molecule is Cc1cccc(C)c1OCCCC(=O)NCc1cc(=O)[nH][nH]1. The largest absolute Gasteiger partial charge is 0.493 e. The van der Waals surface area contributed by atoms with Crippen molar-refractivity contribution < 1.29 is 9.53 Å². The Balaban J connectivity index is 1.68. The van der Waals surface area contributed by atoms with Gasteiger partial charge in [0.15, 0.2) is 0 Å². The van der Waals surface area contributed by atoms with Crippen LogP contribution >= 0.6 is 0 Å². The Labute approximate surface area is 128 Å². The van der Waals surface area contributed by atoms with E-state index in [1.165, 1.54) is 6.07 Å². The van der Waals surface area contributed by atoms with Crippen LogP contribution in [0.3, 0.4) is 0 Å². The average molecular weight is 303 g/mol. The van der Waals surface area contributed by atoms with Gasteiger partial charge in [-0.05, 0) is 31.4 Å². The molecule has 6 heteroatoms. The van der Waals surface area contributed by atoms with Gasteiger partial charge in [-0.25, -0.2) is 0 Å². The van der Waals surface area contributed by atoms with Crippen LogP contribution in [-0.4, -0.2) is 22.7 Å². The number of nitrogens with one attached hydrogen (secondary N) is 3. The van der Waals surface area contributed by atoms with Crippen LogP contribution < -0.4 is 15.6 Å². The van der Waals surface area contributed by atoms with Gasteiger partial charge in [-0.3, -0.25) is 14.7 Å². The fraction of sp³-hybridized carbons (Fsp3) is 0.375. The summed E-state index contributed by atoms with van der Waals surface area (Å²) < 4.78 is 5.75. The Hall–Kier alpha value is -2.50. The summed E-state index contributed by atoms with van der Waals surface area (Å²) in [5.41, 5.74) is 2.65. The van der Waals surface area contributed by atoms with E-state index in [1.54, 1.807) is 0 Å².